The van der Waals surface area contributed by atoms with Crippen LogP contribution in [0.5, 0.6) is 0 Å². The molecule has 2 aromatic rings. The first-order chi connectivity index (χ1) is 8.38. The van der Waals surface area contributed by atoms with Gasteiger partial charge in [0.1, 0.15) is 5.82 Å². The maximum atomic E-state index is 12.6. The molecule has 0 aromatic carbocycles. The van der Waals surface area contributed by atoms with E-state index in [1.165, 1.54) is 12.1 Å². The zero-order chi connectivity index (χ0) is 13.3. The molecule has 8 heteroatoms. The summed E-state index contributed by atoms with van der Waals surface area (Å²) in [5, 5.41) is 13.1. The fourth-order valence-corrected chi connectivity index (χ4v) is 1.30. The molecule has 0 aliphatic rings. The normalized spacial score (nSPS) is 11.8. The van der Waals surface area contributed by atoms with E-state index in [-0.39, 0.29) is 5.65 Å². The van der Waals surface area contributed by atoms with Gasteiger partial charge in [0.2, 0.25) is 0 Å². The smallest absolute Gasteiger partial charge is 0.365 e. The maximum Gasteiger partial charge on any atom is 0.453 e. The summed E-state index contributed by atoms with van der Waals surface area (Å²) in [5.74, 6) is -0.840. The fraction of sp³-hybridized carbons (Fsp3) is 0.300. The number of anilines is 1. The van der Waals surface area contributed by atoms with E-state index in [4.69, 9.17) is 0 Å². The lowest BCUT2D eigenvalue weighted by Crippen LogP contribution is -2.14. The number of nitrogens with one attached hydrogen (secondary N) is 1. The highest BCUT2D eigenvalue weighted by atomic mass is 19.4. The number of fused-ring (bicyclic) bond motifs is 1. The standard InChI is InChI=1S/C10H10F3N5/c1-6(2)5-14-7-3-4-8-15-16-9(10(11,12)13)18(8)17-7/h3-4H,1,5H2,2H3,(H,14,17). The van der Waals surface area contributed by atoms with Crippen LogP contribution in [0.2, 0.25) is 0 Å². The summed E-state index contributed by atoms with van der Waals surface area (Å²) in [7, 11) is 0. The van der Waals surface area contributed by atoms with Gasteiger partial charge in [0.05, 0.1) is 0 Å². The predicted octanol–water partition coefficient (Wildman–Crippen LogP) is 2.13. The molecule has 2 heterocycles. The first kappa shape index (κ1) is 12.3. The van der Waals surface area contributed by atoms with Crippen LogP contribution in [0.1, 0.15) is 12.7 Å². The van der Waals surface area contributed by atoms with Gasteiger partial charge in [0.15, 0.2) is 5.65 Å². The lowest BCUT2D eigenvalue weighted by atomic mass is 10.3. The SMILES string of the molecule is C=C(C)CNc1ccc2nnc(C(F)(F)F)n2n1. The largest absolute Gasteiger partial charge is 0.453 e. The summed E-state index contributed by atoms with van der Waals surface area (Å²) < 4.78 is 38.5. The van der Waals surface area contributed by atoms with Crippen LogP contribution in [-0.2, 0) is 6.18 Å². The van der Waals surface area contributed by atoms with Gasteiger partial charge in [-0.2, -0.15) is 17.7 Å². The maximum absolute atomic E-state index is 12.6. The molecule has 0 aliphatic carbocycles. The average Bonchev–Trinajstić information content (AvgIpc) is 2.68. The molecule has 2 aromatic heterocycles. The number of halogens is 3. The van der Waals surface area contributed by atoms with Gasteiger partial charge in [0, 0.05) is 6.54 Å². The first-order valence-electron chi connectivity index (χ1n) is 5.06. The van der Waals surface area contributed by atoms with Crippen molar-refractivity contribution in [3.8, 4) is 0 Å². The summed E-state index contributed by atoms with van der Waals surface area (Å²) in [6, 6.07) is 2.95. The third-order valence-electron chi connectivity index (χ3n) is 2.09. The van der Waals surface area contributed by atoms with Gasteiger partial charge in [0.25, 0.3) is 5.82 Å². The predicted molar refractivity (Wildman–Crippen MR) is 59.1 cm³/mol. The summed E-state index contributed by atoms with van der Waals surface area (Å²) in [6.07, 6.45) is -4.58. The molecule has 0 fully saturated rings. The van der Waals surface area contributed by atoms with Crippen molar-refractivity contribution in [2.24, 2.45) is 0 Å². The van der Waals surface area contributed by atoms with Crippen molar-refractivity contribution in [3.05, 3.63) is 30.1 Å². The third-order valence-corrected chi connectivity index (χ3v) is 2.09. The highest BCUT2D eigenvalue weighted by Crippen LogP contribution is 2.27. The van der Waals surface area contributed by atoms with E-state index >= 15 is 0 Å². The molecule has 0 atom stereocenters. The van der Waals surface area contributed by atoms with Crippen LogP contribution in [-0.4, -0.2) is 26.4 Å². The molecule has 18 heavy (non-hydrogen) atoms. The molecule has 0 radical (unpaired) electrons. The summed E-state index contributed by atoms with van der Waals surface area (Å²) in [4.78, 5) is 0. The third kappa shape index (κ3) is 2.41. The Morgan fingerprint density at radius 3 is 2.72 bits per heavy atom. The van der Waals surface area contributed by atoms with Gasteiger partial charge in [-0.05, 0) is 19.1 Å². The Kier molecular flexibility index (Phi) is 2.93. The van der Waals surface area contributed by atoms with E-state index < -0.39 is 12.0 Å². The molecule has 0 saturated carbocycles. The van der Waals surface area contributed by atoms with Crippen molar-refractivity contribution >= 4 is 11.5 Å². The van der Waals surface area contributed by atoms with E-state index in [1.54, 1.807) is 6.92 Å². The Balaban J connectivity index is 2.39. The molecule has 0 saturated heterocycles. The van der Waals surface area contributed by atoms with Gasteiger partial charge in [-0.15, -0.1) is 15.3 Å². The molecule has 0 bridgehead atoms. The van der Waals surface area contributed by atoms with Crippen LogP contribution >= 0.6 is 0 Å². The molecular formula is C10H10F3N5. The summed E-state index contributed by atoms with van der Waals surface area (Å²) >= 11 is 0. The molecule has 5 nitrogen and oxygen atoms in total. The number of alkyl halides is 3. The molecule has 1 N–H and O–H groups in total. The van der Waals surface area contributed by atoms with Crippen LogP contribution in [0.4, 0.5) is 19.0 Å². The Morgan fingerprint density at radius 1 is 1.39 bits per heavy atom. The van der Waals surface area contributed by atoms with E-state index in [9.17, 15) is 13.2 Å². The second-order valence-corrected chi connectivity index (χ2v) is 3.82. The van der Waals surface area contributed by atoms with Crippen molar-refractivity contribution in [3.63, 3.8) is 0 Å². The molecule has 2 rings (SSSR count). The Bertz CT molecular complexity index is 587. The van der Waals surface area contributed by atoms with E-state index in [2.05, 4.69) is 27.2 Å². The quantitative estimate of drug-likeness (QED) is 0.856. The molecule has 96 valence electrons. The van der Waals surface area contributed by atoms with E-state index in [0.717, 1.165) is 5.57 Å². The minimum atomic E-state index is -4.58. The zero-order valence-corrected chi connectivity index (χ0v) is 9.49. The van der Waals surface area contributed by atoms with Gasteiger partial charge in [-0.3, -0.25) is 0 Å². The Hall–Kier alpha value is -2.12. The topological polar surface area (TPSA) is 55.1 Å². The number of hydrogen-bond acceptors (Lipinski definition) is 4. The fourth-order valence-electron chi connectivity index (χ4n) is 1.30. The van der Waals surface area contributed by atoms with Crippen LogP contribution < -0.4 is 5.32 Å². The van der Waals surface area contributed by atoms with Crippen molar-refractivity contribution in [1.29, 1.82) is 0 Å². The lowest BCUT2D eigenvalue weighted by molar-refractivity contribution is -0.146. The number of rotatable bonds is 3. The van der Waals surface area contributed by atoms with Gasteiger partial charge in [-0.25, -0.2) is 0 Å². The summed E-state index contributed by atoms with van der Waals surface area (Å²) in [5.41, 5.74) is 0.889. The van der Waals surface area contributed by atoms with Crippen molar-refractivity contribution in [2.45, 2.75) is 13.1 Å². The average molecular weight is 257 g/mol. The monoisotopic (exact) mass is 257 g/mol. The molecular weight excluding hydrogens is 247 g/mol. The van der Waals surface area contributed by atoms with Crippen LogP contribution in [0.3, 0.4) is 0 Å². The highest BCUT2D eigenvalue weighted by Gasteiger charge is 2.37. The van der Waals surface area contributed by atoms with Crippen LogP contribution in [0, 0.1) is 0 Å². The van der Waals surface area contributed by atoms with Crippen molar-refractivity contribution in [2.75, 3.05) is 11.9 Å². The van der Waals surface area contributed by atoms with Crippen molar-refractivity contribution < 1.29 is 13.2 Å². The zero-order valence-electron chi connectivity index (χ0n) is 9.49. The van der Waals surface area contributed by atoms with Crippen LogP contribution in [0.25, 0.3) is 5.65 Å². The Morgan fingerprint density at radius 2 is 2.11 bits per heavy atom. The molecule has 0 amide bonds. The highest BCUT2D eigenvalue weighted by molar-refractivity contribution is 5.44. The minimum Gasteiger partial charge on any atom is -0.365 e. The van der Waals surface area contributed by atoms with Gasteiger partial charge < -0.3 is 5.32 Å². The van der Waals surface area contributed by atoms with Gasteiger partial charge in [-0.1, -0.05) is 12.2 Å². The second kappa shape index (κ2) is 4.28. The number of hydrogen-bond donors (Lipinski definition) is 1. The molecule has 0 unspecified atom stereocenters. The lowest BCUT2D eigenvalue weighted by Gasteiger charge is -2.06. The van der Waals surface area contributed by atoms with Gasteiger partial charge >= 0.3 is 6.18 Å². The number of aromatic nitrogens is 4. The van der Waals surface area contributed by atoms with Crippen LogP contribution in [0.15, 0.2) is 24.3 Å². The number of nitrogens with zero attached hydrogens (tertiary/aromatic N) is 4. The first-order valence-corrected chi connectivity index (χ1v) is 5.06. The molecule has 0 aliphatic heterocycles. The summed E-state index contributed by atoms with van der Waals surface area (Å²) in [6.45, 7) is 5.91. The second-order valence-electron chi connectivity index (χ2n) is 3.82. The van der Waals surface area contributed by atoms with E-state index in [0.29, 0.717) is 16.9 Å². The van der Waals surface area contributed by atoms with Crippen molar-refractivity contribution in [1.82, 2.24) is 19.8 Å². The Labute approximate surface area is 100 Å². The minimum absolute atomic E-state index is 0.0446. The molecule has 0 spiro atoms. The van der Waals surface area contributed by atoms with E-state index in [1.807, 2.05) is 0 Å².